The van der Waals surface area contributed by atoms with Gasteiger partial charge < -0.3 is 14.6 Å². The molecule has 1 aliphatic heterocycles. The van der Waals surface area contributed by atoms with Crippen molar-refractivity contribution in [3.8, 4) is 0 Å². The lowest BCUT2D eigenvalue weighted by Crippen LogP contribution is -2.52. The van der Waals surface area contributed by atoms with Gasteiger partial charge in [0.2, 0.25) is 0 Å². The highest BCUT2D eigenvalue weighted by Gasteiger charge is 2.38. The van der Waals surface area contributed by atoms with Crippen LogP contribution in [0, 0.1) is 0 Å². The van der Waals surface area contributed by atoms with Gasteiger partial charge in [0.05, 0.1) is 6.10 Å². The minimum Gasteiger partial charge on any atom is -0.480 e. The fourth-order valence-electron chi connectivity index (χ4n) is 1.92. The lowest BCUT2D eigenvalue weighted by molar-refractivity contribution is -0.146. The maximum atomic E-state index is 11.9. The molecule has 0 saturated carbocycles. The highest BCUT2D eigenvalue weighted by Crippen LogP contribution is 2.22. The normalized spacial score (nSPS) is 24.8. The monoisotopic (exact) mass is 259 g/mol. The Labute approximate surface area is 107 Å². The van der Waals surface area contributed by atoms with E-state index >= 15 is 0 Å². The first kappa shape index (κ1) is 14.8. The lowest BCUT2D eigenvalue weighted by atomic mass is 10.00. The van der Waals surface area contributed by atoms with Crippen LogP contribution in [0.1, 0.15) is 33.6 Å². The van der Waals surface area contributed by atoms with Crippen molar-refractivity contribution in [1.82, 2.24) is 4.90 Å². The van der Waals surface area contributed by atoms with Crippen LogP contribution in [0.15, 0.2) is 0 Å². The van der Waals surface area contributed by atoms with E-state index in [2.05, 4.69) is 0 Å². The first-order chi connectivity index (χ1) is 8.24. The summed E-state index contributed by atoms with van der Waals surface area (Å²) in [6.45, 7) is 5.60. The number of ether oxygens (including phenoxy) is 2. The molecule has 0 aromatic carbocycles. The highest BCUT2D eigenvalue weighted by molar-refractivity contribution is 5.80. The number of methoxy groups -OCH3 is 1. The van der Waals surface area contributed by atoms with Gasteiger partial charge in [-0.05, 0) is 27.2 Å². The molecule has 6 nitrogen and oxygen atoms in total. The van der Waals surface area contributed by atoms with Crippen LogP contribution in [-0.2, 0) is 14.3 Å². The maximum Gasteiger partial charge on any atom is 0.411 e. The number of carbonyl (C=O) groups excluding carboxylic acids is 1. The van der Waals surface area contributed by atoms with Crippen LogP contribution < -0.4 is 0 Å². The Morgan fingerprint density at radius 2 is 1.94 bits per heavy atom. The van der Waals surface area contributed by atoms with E-state index in [1.165, 1.54) is 4.90 Å². The van der Waals surface area contributed by atoms with Crippen LogP contribution in [-0.4, -0.2) is 53.5 Å². The summed E-state index contributed by atoms with van der Waals surface area (Å²) in [5.41, 5.74) is -0.627. The third-order valence-corrected chi connectivity index (χ3v) is 2.80. The molecule has 1 heterocycles. The molecule has 2 unspecified atom stereocenters. The Hall–Kier alpha value is -1.30. The van der Waals surface area contributed by atoms with Crippen molar-refractivity contribution < 1.29 is 24.2 Å². The van der Waals surface area contributed by atoms with Crippen molar-refractivity contribution in [2.45, 2.75) is 51.4 Å². The summed E-state index contributed by atoms with van der Waals surface area (Å²) < 4.78 is 10.4. The number of likely N-dealkylation sites (tertiary alicyclic amines) is 1. The van der Waals surface area contributed by atoms with E-state index < -0.39 is 23.7 Å². The molecule has 1 rings (SSSR count). The van der Waals surface area contributed by atoms with Crippen molar-refractivity contribution in [3.05, 3.63) is 0 Å². The van der Waals surface area contributed by atoms with Crippen molar-refractivity contribution in [2.24, 2.45) is 0 Å². The molecule has 0 radical (unpaired) electrons. The summed E-state index contributed by atoms with van der Waals surface area (Å²) in [7, 11) is 1.55. The second-order valence-electron chi connectivity index (χ2n) is 5.41. The summed E-state index contributed by atoms with van der Waals surface area (Å²) in [6.07, 6.45) is 0.221. The SMILES string of the molecule is COC1CCN(C(=O)OC(C)(C)C)C(C(=O)O)C1. The fraction of sp³-hybridized carbons (Fsp3) is 0.833. The summed E-state index contributed by atoms with van der Waals surface area (Å²) >= 11 is 0. The van der Waals surface area contributed by atoms with Gasteiger partial charge in [0, 0.05) is 20.1 Å². The van der Waals surface area contributed by atoms with Crippen molar-refractivity contribution in [1.29, 1.82) is 0 Å². The summed E-state index contributed by atoms with van der Waals surface area (Å²) in [6, 6.07) is -0.876. The maximum absolute atomic E-state index is 11.9. The van der Waals surface area contributed by atoms with Crippen LogP contribution in [0.2, 0.25) is 0 Å². The van der Waals surface area contributed by atoms with Gasteiger partial charge in [-0.1, -0.05) is 0 Å². The van der Waals surface area contributed by atoms with E-state index in [1.54, 1.807) is 27.9 Å². The number of piperidine rings is 1. The molecule has 2 atom stereocenters. The van der Waals surface area contributed by atoms with E-state index in [4.69, 9.17) is 14.6 Å². The second kappa shape index (κ2) is 5.56. The number of carboxylic acid groups (broad SMARTS) is 1. The third-order valence-electron chi connectivity index (χ3n) is 2.80. The fourth-order valence-corrected chi connectivity index (χ4v) is 1.92. The van der Waals surface area contributed by atoms with Crippen LogP contribution in [0.5, 0.6) is 0 Å². The average Bonchev–Trinajstić information content (AvgIpc) is 2.25. The quantitative estimate of drug-likeness (QED) is 0.813. The van der Waals surface area contributed by atoms with Gasteiger partial charge in [-0.15, -0.1) is 0 Å². The molecule has 0 bridgehead atoms. The molecule has 1 amide bonds. The summed E-state index contributed by atoms with van der Waals surface area (Å²) in [4.78, 5) is 24.4. The Morgan fingerprint density at radius 1 is 1.33 bits per heavy atom. The van der Waals surface area contributed by atoms with Crippen LogP contribution in [0.25, 0.3) is 0 Å². The van der Waals surface area contributed by atoms with E-state index in [-0.39, 0.29) is 6.10 Å². The second-order valence-corrected chi connectivity index (χ2v) is 5.41. The molecule has 1 aliphatic rings. The highest BCUT2D eigenvalue weighted by atomic mass is 16.6. The summed E-state index contributed by atoms with van der Waals surface area (Å²) in [5, 5.41) is 9.16. The molecule has 6 heteroatoms. The third kappa shape index (κ3) is 3.87. The molecule has 0 aromatic rings. The van der Waals surface area contributed by atoms with E-state index in [0.29, 0.717) is 19.4 Å². The van der Waals surface area contributed by atoms with Crippen LogP contribution >= 0.6 is 0 Å². The number of carbonyl (C=O) groups is 2. The van der Waals surface area contributed by atoms with E-state index in [9.17, 15) is 9.59 Å². The molecule has 104 valence electrons. The van der Waals surface area contributed by atoms with Gasteiger partial charge in [-0.3, -0.25) is 4.90 Å². The molecular formula is C12H21NO5. The lowest BCUT2D eigenvalue weighted by Gasteiger charge is -2.37. The number of hydrogen-bond donors (Lipinski definition) is 1. The van der Waals surface area contributed by atoms with E-state index in [0.717, 1.165) is 0 Å². The largest absolute Gasteiger partial charge is 0.480 e. The Morgan fingerprint density at radius 3 is 2.39 bits per heavy atom. The first-order valence-electron chi connectivity index (χ1n) is 6.00. The Balaban J connectivity index is 2.74. The zero-order valence-electron chi connectivity index (χ0n) is 11.3. The smallest absolute Gasteiger partial charge is 0.411 e. The predicted octanol–water partition coefficient (Wildman–Crippen LogP) is 1.49. The van der Waals surface area contributed by atoms with Gasteiger partial charge in [-0.25, -0.2) is 9.59 Å². The molecular weight excluding hydrogens is 238 g/mol. The average molecular weight is 259 g/mol. The topological polar surface area (TPSA) is 76.1 Å². The zero-order valence-corrected chi connectivity index (χ0v) is 11.3. The number of amides is 1. The molecule has 1 saturated heterocycles. The Bertz CT molecular complexity index is 323. The number of nitrogens with zero attached hydrogens (tertiary/aromatic N) is 1. The molecule has 0 aliphatic carbocycles. The van der Waals surface area contributed by atoms with Gasteiger partial charge in [0.25, 0.3) is 0 Å². The number of carboxylic acids is 1. The van der Waals surface area contributed by atoms with Gasteiger partial charge in [-0.2, -0.15) is 0 Å². The van der Waals surface area contributed by atoms with Crippen LogP contribution in [0.3, 0.4) is 0 Å². The number of rotatable bonds is 2. The molecule has 1 fully saturated rings. The van der Waals surface area contributed by atoms with Crippen molar-refractivity contribution in [2.75, 3.05) is 13.7 Å². The Kier molecular flexibility index (Phi) is 4.56. The first-order valence-corrected chi connectivity index (χ1v) is 6.00. The number of aliphatic carboxylic acids is 1. The standard InChI is InChI=1S/C12H21NO5/c1-12(2,3)18-11(16)13-6-5-8(17-4)7-9(13)10(14)15/h8-9H,5-7H2,1-4H3,(H,14,15). The molecule has 1 N–H and O–H groups in total. The molecule has 0 spiro atoms. The molecule has 0 aromatic heterocycles. The van der Waals surface area contributed by atoms with Gasteiger partial charge in [0.1, 0.15) is 11.6 Å². The van der Waals surface area contributed by atoms with Gasteiger partial charge >= 0.3 is 12.1 Å². The number of hydrogen-bond acceptors (Lipinski definition) is 4. The molecule has 18 heavy (non-hydrogen) atoms. The van der Waals surface area contributed by atoms with Crippen molar-refractivity contribution in [3.63, 3.8) is 0 Å². The zero-order chi connectivity index (χ0) is 13.9. The summed E-state index contributed by atoms with van der Waals surface area (Å²) in [5.74, 6) is -1.03. The van der Waals surface area contributed by atoms with Gasteiger partial charge in [0.15, 0.2) is 0 Å². The predicted molar refractivity (Wildman–Crippen MR) is 64.4 cm³/mol. The minimum atomic E-state index is -1.03. The van der Waals surface area contributed by atoms with Crippen molar-refractivity contribution >= 4 is 12.1 Å². The van der Waals surface area contributed by atoms with E-state index in [1.807, 2.05) is 0 Å². The van der Waals surface area contributed by atoms with Crippen LogP contribution in [0.4, 0.5) is 4.79 Å². The minimum absolute atomic E-state index is 0.121.